The van der Waals surface area contributed by atoms with Crippen molar-refractivity contribution in [3.05, 3.63) is 144 Å². The van der Waals surface area contributed by atoms with Gasteiger partial charge in [-0.2, -0.15) is 0 Å². The Kier molecular flexibility index (Phi) is 52.2. The van der Waals surface area contributed by atoms with Crippen LogP contribution in [0.5, 0.6) is 0 Å². The number of carbonyl (C=O) groups is 12. The second-order valence-corrected chi connectivity index (χ2v) is 37.6. The predicted molar refractivity (Wildman–Crippen MR) is 492 cm³/mol. The van der Waals surface area contributed by atoms with Crippen molar-refractivity contribution in [3.8, 4) is 0 Å². The van der Waals surface area contributed by atoms with Crippen LogP contribution in [0, 0.1) is 70.8 Å². The van der Waals surface area contributed by atoms with Crippen LogP contribution in [0.15, 0.2) is 116 Å². The van der Waals surface area contributed by atoms with Gasteiger partial charge in [0.15, 0.2) is 26.9 Å². The molecule has 3 aliphatic heterocycles. The molecular formula is C98H141F2N5O18S3. The van der Waals surface area contributed by atoms with Gasteiger partial charge in [-0.3, -0.25) is 43.2 Å². The number of benzene rings is 3. The highest BCUT2D eigenvalue weighted by molar-refractivity contribution is 8.14. The first-order chi connectivity index (χ1) is 60.2. The number of halogens is 2. The monoisotopic (exact) mass is 1810 g/mol. The molecule has 3 saturated heterocycles. The number of amides is 3. The van der Waals surface area contributed by atoms with Crippen LogP contribution in [0.4, 0.5) is 8.78 Å². The maximum atomic E-state index is 14.0. The van der Waals surface area contributed by atoms with Gasteiger partial charge in [0, 0.05) is 110 Å². The highest BCUT2D eigenvalue weighted by Crippen LogP contribution is 2.37. The number of hydrogen-bond donors (Lipinski definition) is 5. The van der Waals surface area contributed by atoms with Gasteiger partial charge in [-0.15, -0.1) is 0 Å². The molecule has 3 amide bonds. The first-order valence-electron chi connectivity index (χ1n) is 45.2. The standard InChI is InChI=1S/C33H47NO6S.2C32H45FN2O6S.CH4/c1-24-17-28(19-26-9-5-3-6-10-26)31(36)21-29(20-27-11-7-4-8-12-27)33(38)41-23-30(18-25(2)35)32(37)34-13-14-39-15-16-40-22-24;2*1-22-20-41-14-13-40-12-11-34-31(38)27(15-23(2)36)21-42-32(39)26(16-25-9-6-10-28(33)17-25)19-30(37)29(35-22)18-24-7-4-3-5-8-24;/h4,7-8,11-12,26,28-30H,1,3,5-6,9-10,13-23H2,2H3,(H,34,37);2*6,9-10,17,24,26-27,29,35H,1,3-5,7-8,11-16,18-21H2,2H3,(H,34,38);1H4/t28-,29+,30-;2*26-,27+,29+;/m011./s1. The lowest BCUT2D eigenvalue weighted by molar-refractivity contribution is -0.128. The molecule has 3 heterocycles. The van der Waals surface area contributed by atoms with Crippen molar-refractivity contribution < 1.29 is 94.7 Å². The summed E-state index contributed by atoms with van der Waals surface area (Å²) < 4.78 is 61.8. The number of Topliss-reactive ketones (excluding diaryl/α,β-unsaturated/α-hetero) is 6. The lowest BCUT2D eigenvalue weighted by Gasteiger charge is -2.28. The Hall–Kier alpha value is -7.41. The molecule has 0 bridgehead atoms. The Morgan fingerprint density at radius 1 is 0.373 bits per heavy atom. The number of thioether (sulfide) groups is 3. The van der Waals surface area contributed by atoms with Gasteiger partial charge in [-0.1, -0.05) is 219 Å². The van der Waals surface area contributed by atoms with Gasteiger partial charge in [-0.25, -0.2) is 8.78 Å². The number of hydrogen-bond acceptors (Lipinski definition) is 23. The maximum absolute atomic E-state index is 14.0. The minimum Gasteiger partial charge on any atom is -0.377 e. The van der Waals surface area contributed by atoms with Crippen LogP contribution in [0.3, 0.4) is 0 Å². The van der Waals surface area contributed by atoms with E-state index in [0.717, 1.165) is 117 Å². The third-order valence-electron chi connectivity index (χ3n) is 23.5. The molecule has 9 rings (SSSR count). The Morgan fingerprint density at radius 2 is 0.698 bits per heavy atom. The predicted octanol–water partition coefficient (Wildman–Crippen LogP) is 14.8. The zero-order chi connectivity index (χ0) is 90.1. The van der Waals surface area contributed by atoms with Gasteiger partial charge >= 0.3 is 0 Å². The molecule has 5 N–H and O–H groups in total. The average molecular weight is 1810 g/mol. The summed E-state index contributed by atoms with van der Waals surface area (Å²) in [5.74, 6) is -4.69. The molecule has 6 fully saturated rings. The van der Waals surface area contributed by atoms with Crippen LogP contribution in [0.2, 0.25) is 0 Å². The molecule has 9 atom stereocenters. The van der Waals surface area contributed by atoms with E-state index in [1.165, 1.54) is 77.1 Å². The summed E-state index contributed by atoms with van der Waals surface area (Å²) in [5, 5.41) is 14.4. The molecule has 3 saturated carbocycles. The van der Waals surface area contributed by atoms with Crippen molar-refractivity contribution in [1.82, 2.24) is 26.6 Å². The third-order valence-corrected chi connectivity index (χ3v) is 27.0. The fraction of sp³-hybridized carbons (Fsp3) is 0.633. The first-order valence-corrected chi connectivity index (χ1v) is 48.1. The Labute approximate surface area is 759 Å². The summed E-state index contributed by atoms with van der Waals surface area (Å²) in [6, 6.07) is 20.8. The fourth-order valence-electron chi connectivity index (χ4n) is 16.9. The number of nitrogens with one attached hydrogen (secondary N) is 5. The lowest BCUT2D eigenvalue weighted by atomic mass is 9.78. The Bertz CT molecular complexity index is 3780. The van der Waals surface area contributed by atoms with Crippen molar-refractivity contribution >= 4 is 103 Å². The molecule has 0 aromatic heterocycles. The average Bonchev–Trinajstić information content (AvgIpc) is 0.904. The van der Waals surface area contributed by atoms with Crippen molar-refractivity contribution in [1.29, 1.82) is 0 Å². The lowest BCUT2D eigenvalue weighted by Crippen LogP contribution is -2.40. The highest BCUT2D eigenvalue weighted by atomic mass is 32.2. The van der Waals surface area contributed by atoms with E-state index in [1.54, 1.807) is 24.3 Å². The van der Waals surface area contributed by atoms with Crippen molar-refractivity contribution in [2.45, 2.75) is 220 Å². The first kappa shape index (κ1) is 107. The molecule has 0 spiro atoms. The summed E-state index contributed by atoms with van der Waals surface area (Å²) in [6.45, 7) is 21.2. The molecule has 0 radical (unpaired) electrons. The van der Waals surface area contributed by atoms with Gasteiger partial charge in [-0.05, 0) is 124 Å². The summed E-state index contributed by atoms with van der Waals surface area (Å²) in [7, 11) is 0. The topological polar surface area (TPSA) is 320 Å². The van der Waals surface area contributed by atoms with Crippen molar-refractivity contribution in [2.24, 2.45) is 59.2 Å². The molecular weight excluding hydrogens is 1670 g/mol. The van der Waals surface area contributed by atoms with E-state index < -0.39 is 59.2 Å². The van der Waals surface area contributed by atoms with Crippen LogP contribution in [0.25, 0.3) is 0 Å². The number of carbonyl (C=O) groups excluding carboxylic acids is 12. The van der Waals surface area contributed by atoms with Crippen LogP contribution in [0.1, 0.15) is 205 Å². The van der Waals surface area contributed by atoms with Gasteiger partial charge in [0.05, 0.1) is 109 Å². The van der Waals surface area contributed by atoms with Gasteiger partial charge < -0.3 is 69.4 Å². The second kappa shape index (κ2) is 61.2. The highest BCUT2D eigenvalue weighted by Gasteiger charge is 2.36. The molecule has 126 heavy (non-hydrogen) atoms. The van der Waals surface area contributed by atoms with Gasteiger partial charge in [0.25, 0.3) is 0 Å². The van der Waals surface area contributed by atoms with Crippen molar-refractivity contribution in [2.75, 3.05) is 116 Å². The normalized spacial score (nSPS) is 25.0. The summed E-state index contributed by atoms with van der Waals surface area (Å²) >= 11 is 2.99. The summed E-state index contributed by atoms with van der Waals surface area (Å²) in [6.07, 6.45) is 20.9. The van der Waals surface area contributed by atoms with E-state index in [1.807, 2.05) is 30.3 Å². The largest absolute Gasteiger partial charge is 0.377 e. The number of ether oxygens (including phenoxy) is 6. The molecule has 28 heteroatoms. The molecule has 0 unspecified atom stereocenters. The zero-order valence-electron chi connectivity index (χ0n) is 73.9. The Balaban J connectivity index is 0.000000291. The van der Waals surface area contributed by atoms with E-state index in [-0.39, 0.29) is 189 Å². The molecule has 23 nitrogen and oxygen atoms in total. The van der Waals surface area contributed by atoms with Crippen LogP contribution in [-0.2, 0) is 105 Å². The maximum Gasteiger partial charge on any atom is 0.224 e. The smallest absolute Gasteiger partial charge is 0.224 e. The minimum atomic E-state index is -0.721. The van der Waals surface area contributed by atoms with Crippen LogP contribution in [-0.4, -0.2) is 196 Å². The zero-order valence-corrected chi connectivity index (χ0v) is 76.4. The Morgan fingerprint density at radius 3 is 1.06 bits per heavy atom. The summed E-state index contributed by atoms with van der Waals surface area (Å²) in [5.41, 5.74) is 4.29. The SMILES string of the molecule is C.C=C1COCCOCCNC(=O)[C@@H](CC(C)=O)CSC(=O)[C@H](Cc2cccc(F)c2)CC(=O)[C@H](CC2CCCCC2)N1.C=C1COCCOCCNC(=O)[C@@H](CC(C)=O)CSC(=O)[C@H](Cc2cccc(F)c2)CC(=O)[C@H](CC2CCCCC2)N1.C=C1COCCOCCNC(=O)[C@@H](CC(C)=O)CSC(=O)[C@H](Cc2ccccc2)CC(=O)[C@H](CC2CCCCC2)C1. The van der Waals surface area contributed by atoms with E-state index in [0.29, 0.717) is 125 Å². The molecule has 6 aliphatic rings. The van der Waals surface area contributed by atoms with Gasteiger partial charge in [0.1, 0.15) is 34.8 Å². The van der Waals surface area contributed by atoms with Crippen LogP contribution >= 0.6 is 35.3 Å². The molecule has 3 aromatic rings. The number of rotatable bonds is 18. The fourth-order valence-corrected chi connectivity index (χ4v) is 20.1. The molecule has 3 aromatic carbocycles. The number of ketones is 6. The summed E-state index contributed by atoms with van der Waals surface area (Å²) in [4.78, 5) is 157. The minimum absolute atomic E-state index is 0. The van der Waals surface area contributed by atoms with E-state index in [9.17, 15) is 66.3 Å². The van der Waals surface area contributed by atoms with Crippen LogP contribution < -0.4 is 26.6 Å². The second-order valence-electron chi connectivity index (χ2n) is 34.5. The van der Waals surface area contributed by atoms with Crippen molar-refractivity contribution in [3.63, 3.8) is 0 Å². The quantitative estimate of drug-likeness (QED) is 0.0739. The molecule has 3 aliphatic carbocycles. The van der Waals surface area contributed by atoms with E-state index in [4.69, 9.17) is 28.4 Å². The van der Waals surface area contributed by atoms with E-state index >= 15 is 0 Å². The molecule has 698 valence electrons. The van der Waals surface area contributed by atoms with E-state index in [2.05, 4.69) is 46.3 Å². The third kappa shape index (κ3) is 43.8. The van der Waals surface area contributed by atoms with Gasteiger partial charge in [0.2, 0.25) is 17.7 Å².